The average Bonchev–Trinajstić information content (AvgIpc) is 2.45. The topological polar surface area (TPSA) is 52.6 Å². The molecule has 2 unspecified atom stereocenters. The van der Waals surface area contributed by atoms with Gasteiger partial charge in [-0.1, -0.05) is 13.8 Å². The zero-order valence-electron chi connectivity index (χ0n) is 14.2. The molecule has 23 heavy (non-hydrogen) atoms. The van der Waals surface area contributed by atoms with Gasteiger partial charge < -0.3 is 9.47 Å². The van der Waals surface area contributed by atoms with E-state index >= 15 is 0 Å². The van der Waals surface area contributed by atoms with Crippen LogP contribution in [0.5, 0.6) is 0 Å². The number of carbonyl (C=O) groups excluding carboxylic acids is 2. The number of rotatable bonds is 10. The maximum Gasteiger partial charge on any atom is 0.306 e. The second kappa shape index (κ2) is 11.4. The van der Waals surface area contributed by atoms with Gasteiger partial charge in [0.1, 0.15) is 6.61 Å². The van der Waals surface area contributed by atoms with Crippen LogP contribution < -0.4 is 0 Å². The van der Waals surface area contributed by atoms with Crippen molar-refractivity contribution in [1.29, 1.82) is 0 Å². The first-order chi connectivity index (χ1) is 10.9. The molecule has 0 amide bonds. The van der Waals surface area contributed by atoms with Crippen LogP contribution in [0.2, 0.25) is 0 Å². The molecule has 1 aliphatic rings. The van der Waals surface area contributed by atoms with Gasteiger partial charge in [-0.15, -0.1) is 0 Å². The van der Waals surface area contributed by atoms with Crippen LogP contribution in [0.4, 0.5) is 0 Å². The summed E-state index contributed by atoms with van der Waals surface area (Å²) >= 11 is 8.40. The van der Waals surface area contributed by atoms with E-state index in [1.807, 2.05) is 13.8 Å². The van der Waals surface area contributed by atoms with Gasteiger partial charge in [0.15, 0.2) is 5.78 Å². The zero-order valence-corrected chi connectivity index (χ0v) is 16.0. The minimum Gasteiger partial charge on any atom is -0.465 e. The quantitative estimate of drug-likeness (QED) is 0.462. The third-order valence-electron chi connectivity index (χ3n) is 4.05. The third kappa shape index (κ3) is 10.3. The second-order valence-electron chi connectivity index (χ2n) is 6.73. The van der Waals surface area contributed by atoms with E-state index in [4.69, 9.17) is 9.47 Å². The number of ketones is 1. The molecule has 1 rings (SSSR count). The summed E-state index contributed by atoms with van der Waals surface area (Å²) in [7, 11) is 0. The van der Waals surface area contributed by atoms with Crippen LogP contribution in [-0.2, 0) is 19.1 Å². The molecule has 0 aromatic rings. The second-order valence-corrected chi connectivity index (χ2v) is 8.49. The molecule has 1 saturated carbocycles. The fourth-order valence-corrected chi connectivity index (χ4v) is 3.16. The van der Waals surface area contributed by atoms with E-state index in [9.17, 15) is 9.59 Å². The Morgan fingerprint density at radius 2 is 1.48 bits per heavy atom. The predicted molar refractivity (Wildman–Crippen MR) is 98.4 cm³/mol. The van der Waals surface area contributed by atoms with Gasteiger partial charge in [-0.2, -0.15) is 25.3 Å². The van der Waals surface area contributed by atoms with Crippen molar-refractivity contribution in [3.8, 4) is 0 Å². The lowest BCUT2D eigenvalue weighted by atomic mass is 9.83. The van der Waals surface area contributed by atoms with Crippen LogP contribution in [0.15, 0.2) is 0 Å². The van der Waals surface area contributed by atoms with E-state index in [0.29, 0.717) is 37.9 Å². The first kappa shape index (κ1) is 20.8. The Labute approximate surface area is 150 Å². The van der Waals surface area contributed by atoms with Crippen molar-refractivity contribution in [2.45, 2.75) is 62.9 Å². The molecule has 0 aromatic carbocycles. The van der Waals surface area contributed by atoms with E-state index in [1.165, 1.54) is 0 Å². The van der Waals surface area contributed by atoms with Gasteiger partial charge >= 0.3 is 5.97 Å². The first-order valence-electron chi connectivity index (χ1n) is 8.48. The number of carbonyl (C=O) groups is 2. The standard InChI is InChI=1S/C17H30O4S2/c1-12(22)7-16(18)11-20-9-14-3-5-15(6-4-14)10-21-17(19)8-13(2)23/h12-15,22-23H,3-11H2,1-2H3. The fraction of sp³-hybridized carbons (Fsp3) is 0.882. The lowest BCUT2D eigenvalue weighted by Gasteiger charge is -2.28. The molecule has 0 aromatic heterocycles. The van der Waals surface area contributed by atoms with Gasteiger partial charge in [-0.3, -0.25) is 9.59 Å². The molecule has 0 bridgehead atoms. The van der Waals surface area contributed by atoms with E-state index in [-0.39, 0.29) is 28.9 Å². The summed E-state index contributed by atoms with van der Waals surface area (Å²) in [6.45, 7) is 5.16. The van der Waals surface area contributed by atoms with Gasteiger partial charge in [0.05, 0.1) is 13.0 Å². The van der Waals surface area contributed by atoms with E-state index in [2.05, 4.69) is 25.3 Å². The minimum atomic E-state index is -0.158. The van der Waals surface area contributed by atoms with Gasteiger partial charge in [-0.05, 0) is 37.5 Å². The molecule has 0 spiro atoms. The molecule has 2 atom stereocenters. The molecule has 6 heteroatoms. The van der Waals surface area contributed by atoms with Crippen molar-refractivity contribution in [2.24, 2.45) is 11.8 Å². The van der Waals surface area contributed by atoms with Crippen LogP contribution in [0.25, 0.3) is 0 Å². The Bertz CT molecular complexity index is 364. The normalized spacial score (nSPS) is 24.0. The summed E-state index contributed by atoms with van der Waals surface area (Å²) in [5.74, 6) is 0.930. The van der Waals surface area contributed by atoms with Gasteiger partial charge in [0.2, 0.25) is 0 Å². The van der Waals surface area contributed by atoms with Gasteiger partial charge in [0, 0.05) is 23.5 Å². The molecular weight excluding hydrogens is 332 g/mol. The SMILES string of the molecule is CC(S)CC(=O)COCC1CCC(COC(=O)CC(C)S)CC1. The minimum absolute atomic E-state index is 0.0450. The van der Waals surface area contributed by atoms with Crippen molar-refractivity contribution in [2.75, 3.05) is 19.8 Å². The lowest BCUT2D eigenvalue weighted by molar-refractivity contribution is -0.145. The first-order valence-corrected chi connectivity index (χ1v) is 9.51. The van der Waals surface area contributed by atoms with Crippen molar-refractivity contribution >= 4 is 37.0 Å². The Morgan fingerprint density at radius 1 is 0.957 bits per heavy atom. The Hall–Kier alpha value is -0.200. The average molecular weight is 363 g/mol. The molecule has 0 aliphatic heterocycles. The van der Waals surface area contributed by atoms with E-state index in [1.54, 1.807) is 0 Å². The smallest absolute Gasteiger partial charge is 0.306 e. The maximum atomic E-state index is 11.5. The number of Topliss-reactive ketones (excluding diaryl/α,β-unsaturated/α-hetero) is 1. The number of esters is 1. The summed E-state index contributed by atoms with van der Waals surface area (Å²) in [4.78, 5) is 23.1. The van der Waals surface area contributed by atoms with E-state index in [0.717, 1.165) is 25.7 Å². The summed E-state index contributed by atoms with van der Waals surface area (Å²) in [6.07, 6.45) is 5.08. The fourth-order valence-electron chi connectivity index (χ4n) is 2.80. The lowest BCUT2D eigenvalue weighted by Crippen LogP contribution is -2.24. The van der Waals surface area contributed by atoms with Gasteiger partial charge in [-0.25, -0.2) is 0 Å². The van der Waals surface area contributed by atoms with Crippen LogP contribution in [0.1, 0.15) is 52.4 Å². The van der Waals surface area contributed by atoms with Crippen molar-refractivity contribution < 1.29 is 19.1 Å². The van der Waals surface area contributed by atoms with Crippen molar-refractivity contribution in [3.05, 3.63) is 0 Å². The highest BCUT2D eigenvalue weighted by Crippen LogP contribution is 2.29. The Morgan fingerprint density at radius 3 is 2.00 bits per heavy atom. The zero-order chi connectivity index (χ0) is 17.2. The summed E-state index contributed by atoms with van der Waals surface area (Å²) in [6, 6.07) is 0. The van der Waals surface area contributed by atoms with Crippen LogP contribution >= 0.6 is 25.3 Å². The number of hydrogen-bond donors (Lipinski definition) is 2. The predicted octanol–water partition coefficient (Wildman–Crippen LogP) is 3.34. The summed E-state index contributed by atoms with van der Waals surface area (Å²) in [5.41, 5.74) is 0. The van der Waals surface area contributed by atoms with Crippen LogP contribution in [0, 0.1) is 11.8 Å². The monoisotopic (exact) mass is 362 g/mol. The number of thiol groups is 2. The number of ether oxygens (including phenoxy) is 2. The molecule has 0 radical (unpaired) electrons. The Kier molecular flexibility index (Phi) is 10.3. The molecule has 0 saturated heterocycles. The highest BCUT2D eigenvalue weighted by Gasteiger charge is 2.23. The summed E-state index contributed by atoms with van der Waals surface area (Å²) in [5, 5.41) is 0.137. The van der Waals surface area contributed by atoms with Crippen LogP contribution in [0.3, 0.4) is 0 Å². The highest BCUT2D eigenvalue weighted by molar-refractivity contribution is 7.81. The highest BCUT2D eigenvalue weighted by atomic mass is 32.1. The molecule has 0 heterocycles. The molecule has 1 aliphatic carbocycles. The van der Waals surface area contributed by atoms with Crippen molar-refractivity contribution in [1.82, 2.24) is 0 Å². The maximum absolute atomic E-state index is 11.5. The molecule has 4 nitrogen and oxygen atoms in total. The largest absolute Gasteiger partial charge is 0.465 e. The third-order valence-corrected chi connectivity index (χ3v) is 4.41. The van der Waals surface area contributed by atoms with Crippen LogP contribution in [-0.4, -0.2) is 42.1 Å². The van der Waals surface area contributed by atoms with Crippen molar-refractivity contribution in [3.63, 3.8) is 0 Å². The van der Waals surface area contributed by atoms with E-state index < -0.39 is 0 Å². The molecular formula is C17H30O4S2. The van der Waals surface area contributed by atoms with Gasteiger partial charge in [0.25, 0.3) is 0 Å². The molecule has 1 fully saturated rings. The Balaban J connectivity index is 2.09. The summed E-state index contributed by atoms with van der Waals surface area (Å²) < 4.78 is 10.8. The number of hydrogen-bond acceptors (Lipinski definition) is 6. The molecule has 134 valence electrons. The molecule has 0 N–H and O–H groups in total.